The van der Waals surface area contributed by atoms with Gasteiger partial charge in [0.25, 0.3) is 0 Å². The van der Waals surface area contributed by atoms with E-state index in [1.165, 1.54) is 7.11 Å². The first-order valence-electron chi connectivity index (χ1n) is 4.84. The van der Waals surface area contributed by atoms with Crippen molar-refractivity contribution in [3.05, 3.63) is 11.3 Å². The van der Waals surface area contributed by atoms with Gasteiger partial charge in [0.1, 0.15) is 0 Å². The fourth-order valence-corrected chi connectivity index (χ4v) is 2.11. The summed E-state index contributed by atoms with van der Waals surface area (Å²) in [5.41, 5.74) is 1.59. The van der Waals surface area contributed by atoms with E-state index in [9.17, 15) is 9.59 Å². The second-order valence-electron chi connectivity index (χ2n) is 3.57. The second-order valence-corrected chi connectivity index (χ2v) is 3.57. The number of amides is 1. The van der Waals surface area contributed by atoms with Crippen molar-refractivity contribution >= 4 is 11.9 Å². The van der Waals surface area contributed by atoms with Gasteiger partial charge in [-0.15, -0.1) is 0 Å². The van der Waals surface area contributed by atoms with Crippen molar-refractivity contribution in [3.8, 4) is 0 Å². The van der Waals surface area contributed by atoms with Gasteiger partial charge in [-0.05, 0) is 19.3 Å². The molecule has 0 aliphatic carbocycles. The van der Waals surface area contributed by atoms with Gasteiger partial charge in [-0.25, -0.2) is 4.79 Å². The lowest BCUT2D eigenvalue weighted by Gasteiger charge is -2.25. The summed E-state index contributed by atoms with van der Waals surface area (Å²) in [5, 5.41) is 0. The molecule has 0 aromatic heterocycles. The van der Waals surface area contributed by atoms with Gasteiger partial charge in [-0.2, -0.15) is 0 Å². The summed E-state index contributed by atoms with van der Waals surface area (Å²) in [4.78, 5) is 24.6. The van der Waals surface area contributed by atoms with E-state index in [2.05, 4.69) is 4.74 Å². The van der Waals surface area contributed by atoms with Crippen molar-refractivity contribution in [2.45, 2.75) is 25.7 Å². The molecule has 2 rings (SSSR count). The van der Waals surface area contributed by atoms with Gasteiger partial charge in [0.05, 0.1) is 12.7 Å². The Hall–Kier alpha value is -1.32. The van der Waals surface area contributed by atoms with Crippen LogP contribution in [0.2, 0.25) is 0 Å². The van der Waals surface area contributed by atoms with E-state index in [4.69, 9.17) is 0 Å². The van der Waals surface area contributed by atoms with Gasteiger partial charge in [-0.1, -0.05) is 0 Å². The first kappa shape index (κ1) is 9.24. The number of hydrogen-bond donors (Lipinski definition) is 0. The Balaban J connectivity index is 2.28. The third kappa shape index (κ3) is 1.31. The standard InChI is InChI=1S/C10H13NO3/c1-14-10(13)7-5-6-11-8(7)3-2-4-9(11)12/h2-6H2,1H3. The van der Waals surface area contributed by atoms with E-state index in [-0.39, 0.29) is 11.9 Å². The molecule has 0 aromatic carbocycles. The smallest absolute Gasteiger partial charge is 0.335 e. The molecule has 0 saturated carbocycles. The molecular weight excluding hydrogens is 182 g/mol. The zero-order valence-corrected chi connectivity index (χ0v) is 8.21. The Morgan fingerprint density at radius 1 is 1.36 bits per heavy atom. The Labute approximate surface area is 82.5 Å². The molecule has 4 heteroatoms. The minimum atomic E-state index is -0.280. The molecule has 0 atom stereocenters. The molecular formula is C10H13NO3. The summed E-state index contributed by atoms with van der Waals surface area (Å²) in [6.07, 6.45) is 2.94. The summed E-state index contributed by atoms with van der Waals surface area (Å²) < 4.78 is 4.68. The van der Waals surface area contributed by atoms with Crippen molar-refractivity contribution in [2.75, 3.05) is 13.7 Å². The Kier molecular flexibility index (Phi) is 2.27. The third-order valence-electron chi connectivity index (χ3n) is 2.80. The fourth-order valence-electron chi connectivity index (χ4n) is 2.11. The van der Waals surface area contributed by atoms with E-state index in [1.54, 1.807) is 4.90 Å². The van der Waals surface area contributed by atoms with E-state index in [1.807, 2.05) is 0 Å². The normalized spacial score (nSPS) is 21.2. The summed E-state index contributed by atoms with van der Waals surface area (Å²) in [6.45, 7) is 0.651. The molecule has 1 saturated heterocycles. The Bertz CT molecular complexity index is 319. The van der Waals surface area contributed by atoms with E-state index in [0.717, 1.165) is 18.5 Å². The van der Waals surface area contributed by atoms with Crippen LogP contribution in [0.5, 0.6) is 0 Å². The van der Waals surface area contributed by atoms with Crippen LogP contribution in [-0.2, 0) is 14.3 Å². The number of nitrogens with zero attached hydrogens (tertiary/aromatic N) is 1. The van der Waals surface area contributed by atoms with Crippen LogP contribution in [-0.4, -0.2) is 30.4 Å². The average molecular weight is 195 g/mol. The first-order chi connectivity index (χ1) is 6.74. The van der Waals surface area contributed by atoms with Gasteiger partial charge < -0.3 is 9.64 Å². The van der Waals surface area contributed by atoms with Crippen molar-refractivity contribution in [1.82, 2.24) is 4.90 Å². The number of methoxy groups -OCH3 is 1. The van der Waals surface area contributed by atoms with Crippen LogP contribution in [0.3, 0.4) is 0 Å². The van der Waals surface area contributed by atoms with E-state index in [0.29, 0.717) is 25.0 Å². The summed E-state index contributed by atoms with van der Waals surface area (Å²) in [6, 6.07) is 0. The van der Waals surface area contributed by atoms with Crippen LogP contribution in [0, 0.1) is 0 Å². The number of piperidine rings is 1. The van der Waals surface area contributed by atoms with Gasteiger partial charge in [0.2, 0.25) is 5.91 Å². The summed E-state index contributed by atoms with van der Waals surface area (Å²) in [5.74, 6) is -0.137. The zero-order chi connectivity index (χ0) is 10.1. The molecule has 0 aromatic rings. The number of carbonyl (C=O) groups is 2. The Morgan fingerprint density at radius 3 is 2.86 bits per heavy atom. The molecule has 0 spiro atoms. The number of carbonyl (C=O) groups excluding carboxylic acids is 2. The number of hydrogen-bond acceptors (Lipinski definition) is 3. The molecule has 2 aliphatic rings. The number of ether oxygens (including phenoxy) is 1. The quantitative estimate of drug-likeness (QED) is 0.582. The van der Waals surface area contributed by atoms with Crippen LogP contribution >= 0.6 is 0 Å². The highest BCUT2D eigenvalue weighted by Crippen LogP contribution is 2.32. The molecule has 14 heavy (non-hydrogen) atoms. The van der Waals surface area contributed by atoms with Gasteiger partial charge >= 0.3 is 5.97 Å². The molecule has 76 valence electrons. The molecule has 4 nitrogen and oxygen atoms in total. The van der Waals surface area contributed by atoms with Crippen molar-refractivity contribution in [2.24, 2.45) is 0 Å². The molecule has 2 aliphatic heterocycles. The summed E-state index contributed by atoms with van der Waals surface area (Å²) >= 11 is 0. The lowest BCUT2D eigenvalue weighted by Crippen LogP contribution is -2.31. The monoisotopic (exact) mass is 195 g/mol. The van der Waals surface area contributed by atoms with Crippen LogP contribution < -0.4 is 0 Å². The molecule has 2 heterocycles. The molecule has 0 radical (unpaired) electrons. The van der Waals surface area contributed by atoms with E-state index >= 15 is 0 Å². The van der Waals surface area contributed by atoms with Crippen LogP contribution in [0.25, 0.3) is 0 Å². The minimum absolute atomic E-state index is 0.144. The SMILES string of the molecule is COC(=O)C1=C2CCCC(=O)N2CC1. The molecule has 0 unspecified atom stereocenters. The third-order valence-corrected chi connectivity index (χ3v) is 2.80. The maximum atomic E-state index is 11.5. The number of fused-ring (bicyclic) bond motifs is 1. The number of rotatable bonds is 1. The highest BCUT2D eigenvalue weighted by Gasteiger charge is 2.33. The molecule has 0 N–H and O–H groups in total. The average Bonchev–Trinajstić information content (AvgIpc) is 2.62. The predicted octanol–water partition coefficient (Wildman–Crippen LogP) is 0.830. The Morgan fingerprint density at radius 2 is 2.14 bits per heavy atom. The van der Waals surface area contributed by atoms with Crippen LogP contribution in [0.4, 0.5) is 0 Å². The minimum Gasteiger partial charge on any atom is -0.466 e. The maximum Gasteiger partial charge on any atom is 0.335 e. The topological polar surface area (TPSA) is 46.6 Å². The van der Waals surface area contributed by atoms with Gasteiger partial charge in [0.15, 0.2) is 0 Å². The highest BCUT2D eigenvalue weighted by atomic mass is 16.5. The molecule has 1 fully saturated rings. The molecule has 1 amide bonds. The maximum absolute atomic E-state index is 11.5. The lowest BCUT2D eigenvalue weighted by molar-refractivity contribution is -0.136. The largest absolute Gasteiger partial charge is 0.466 e. The second kappa shape index (κ2) is 3.44. The molecule has 0 bridgehead atoms. The van der Waals surface area contributed by atoms with Crippen molar-refractivity contribution < 1.29 is 14.3 Å². The number of esters is 1. The summed E-state index contributed by atoms with van der Waals surface area (Å²) in [7, 11) is 1.38. The zero-order valence-electron chi connectivity index (χ0n) is 8.21. The van der Waals surface area contributed by atoms with Crippen molar-refractivity contribution in [1.29, 1.82) is 0 Å². The van der Waals surface area contributed by atoms with Crippen LogP contribution in [0.1, 0.15) is 25.7 Å². The number of allylic oxidation sites excluding steroid dienone is 1. The predicted molar refractivity (Wildman–Crippen MR) is 49.2 cm³/mol. The van der Waals surface area contributed by atoms with E-state index < -0.39 is 0 Å². The van der Waals surface area contributed by atoms with Crippen molar-refractivity contribution in [3.63, 3.8) is 0 Å². The van der Waals surface area contributed by atoms with Gasteiger partial charge in [-0.3, -0.25) is 4.79 Å². The highest BCUT2D eigenvalue weighted by molar-refractivity contribution is 5.92. The fraction of sp³-hybridized carbons (Fsp3) is 0.600. The lowest BCUT2D eigenvalue weighted by atomic mass is 10.1. The van der Waals surface area contributed by atoms with Gasteiger partial charge in [0, 0.05) is 18.7 Å². The van der Waals surface area contributed by atoms with Crippen LogP contribution in [0.15, 0.2) is 11.3 Å². The first-order valence-corrected chi connectivity index (χ1v) is 4.84.